The first-order valence-corrected chi connectivity index (χ1v) is 21.6. The summed E-state index contributed by atoms with van der Waals surface area (Å²) in [4.78, 5) is 116. The summed E-state index contributed by atoms with van der Waals surface area (Å²) in [6, 6.07) is 8.82. The monoisotopic (exact) mass is 886 g/mol. The van der Waals surface area contributed by atoms with Crippen molar-refractivity contribution in [3.05, 3.63) is 70.8 Å². The van der Waals surface area contributed by atoms with E-state index in [9.17, 15) is 48.3 Å². The number of esters is 2. The number of hydrogen-bond acceptors (Lipinski definition) is 13. The first-order valence-electron chi connectivity index (χ1n) is 15.8. The van der Waals surface area contributed by atoms with Gasteiger partial charge in [-0.1, -0.05) is 12.1 Å². The molecule has 6 N–H and O–H groups in total. The Hall–Kier alpha value is -5.10. The molecule has 5 rings (SSSR count). The molecule has 0 saturated carbocycles. The van der Waals surface area contributed by atoms with Gasteiger partial charge in [-0.3, -0.25) is 19.3 Å². The zero-order valence-electron chi connectivity index (χ0n) is 29.0. The Balaban J connectivity index is 0.000000323. The van der Waals surface area contributed by atoms with Crippen LogP contribution in [0.2, 0.25) is 22.3 Å². The molecule has 0 spiro atoms. The van der Waals surface area contributed by atoms with Crippen molar-refractivity contribution in [2.75, 3.05) is 0 Å². The fourth-order valence-corrected chi connectivity index (χ4v) is 7.12. The zero-order chi connectivity index (χ0) is 40.7. The van der Waals surface area contributed by atoms with Crippen LogP contribution >= 0.6 is 0 Å². The molecule has 4 atom stereocenters. The SMILES string of the molecule is C=O.C[Se]C[C@H](N)O.C[Se]C[C@H](NC(=O)CC[C@@H](C(=O)O)N1C(=O)c2ccccc2C1=O)C(=O)O.O=C1CC[C@H](N2C(=O)c3ccccc3C2=O)C(=O)O1. The molecule has 18 nitrogen and oxygen atoms in total. The summed E-state index contributed by atoms with van der Waals surface area (Å²) < 4.78 is 4.48. The van der Waals surface area contributed by atoms with Gasteiger partial charge in [0, 0.05) is 6.42 Å². The summed E-state index contributed by atoms with van der Waals surface area (Å²) in [6.07, 6.45) is -1.08. The van der Waals surface area contributed by atoms with Gasteiger partial charge < -0.3 is 9.53 Å². The molecule has 0 aromatic heterocycles. The van der Waals surface area contributed by atoms with Gasteiger partial charge in [0.1, 0.15) is 12.8 Å². The predicted octanol–water partition coefficient (Wildman–Crippen LogP) is 0.0200. The molecule has 3 aliphatic heterocycles. The summed E-state index contributed by atoms with van der Waals surface area (Å²) >= 11 is 0.550. The molecule has 1 fully saturated rings. The van der Waals surface area contributed by atoms with Crippen molar-refractivity contribution in [1.82, 2.24) is 15.1 Å². The Kier molecular flexibility index (Phi) is 18.0. The number of nitrogens with zero attached hydrogens (tertiary/aromatic N) is 2. The van der Waals surface area contributed by atoms with Crippen molar-refractivity contribution in [2.24, 2.45) is 5.73 Å². The Bertz CT molecular complexity index is 1700. The van der Waals surface area contributed by atoms with E-state index in [0.717, 1.165) is 10.2 Å². The summed E-state index contributed by atoms with van der Waals surface area (Å²) in [5, 5.41) is 30.3. The summed E-state index contributed by atoms with van der Waals surface area (Å²) in [6.45, 7) is 2.00. The fraction of sp³-hybridized carbons (Fsp3) is 0.353. The quantitative estimate of drug-likeness (QED) is 0.0618. The third kappa shape index (κ3) is 11.4. The van der Waals surface area contributed by atoms with Gasteiger partial charge in [0.2, 0.25) is 0 Å². The zero-order valence-corrected chi connectivity index (χ0v) is 32.4. The number of nitrogens with one attached hydrogen (secondary N) is 1. The van der Waals surface area contributed by atoms with Crippen LogP contribution in [-0.4, -0.2) is 140 Å². The Morgan fingerprint density at radius 2 is 1.30 bits per heavy atom. The number of nitrogens with two attached hydrogens (primary N) is 1. The largest absolute Gasteiger partial charge is 0.392 e. The average molecular weight is 885 g/mol. The van der Waals surface area contributed by atoms with Gasteiger partial charge in [0.15, 0.2) is 0 Å². The van der Waals surface area contributed by atoms with Crippen LogP contribution in [0.15, 0.2) is 48.5 Å². The van der Waals surface area contributed by atoms with Crippen molar-refractivity contribution >= 4 is 90.1 Å². The number of imide groups is 2. The maximum atomic E-state index is 12.4. The van der Waals surface area contributed by atoms with Crippen molar-refractivity contribution in [3.8, 4) is 0 Å². The number of cyclic esters (lactones) is 2. The molecule has 5 amide bonds. The third-order valence-electron chi connectivity index (χ3n) is 7.62. The second-order valence-electron chi connectivity index (χ2n) is 11.2. The summed E-state index contributed by atoms with van der Waals surface area (Å²) in [5.41, 5.74) is 5.76. The number of aliphatic carboxylic acids is 2. The number of fused-ring (bicyclic) bond motifs is 2. The smallest absolute Gasteiger partial charge is 0.337 e. The third-order valence-corrected chi connectivity index (χ3v) is 10.4. The van der Waals surface area contributed by atoms with E-state index in [0.29, 0.717) is 25.2 Å². The van der Waals surface area contributed by atoms with Crippen LogP contribution in [0, 0.1) is 0 Å². The van der Waals surface area contributed by atoms with Crippen molar-refractivity contribution in [2.45, 2.75) is 72.3 Å². The second-order valence-corrected chi connectivity index (χ2v) is 15.0. The molecule has 2 aromatic carbocycles. The Morgan fingerprint density at radius 1 is 0.833 bits per heavy atom. The van der Waals surface area contributed by atoms with Gasteiger partial charge >= 0.3 is 216 Å². The van der Waals surface area contributed by atoms with Gasteiger partial charge in [-0.05, 0) is 18.6 Å². The van der Waals surface area contributed by atoms with Crippen LogP contribution in [-0.2, 0) is 33.5 Å². The molecule has 0 bridgehead atoms. The maximum absolute atomic E-state index is 12.4. The van der Waals surface area contributed by atoms with Crippen molar-refractivity contribution in [1.29, 1.82) is 0 Å². The molecule has 20 heteroatoms. The summed E-state index contributed by atoms with van der Waals surface area (Å²) in [7, 11) is 0. The van der Waals surface area contributed by atoms with Gasteiger partial charge in [-0.2, -0.15) is 0 Å². The number of aliphatic hydroxyl groups excluding tert-OH is 1. The topological polar surface area (TPSA) is 285 Å². The molecular formula is C34H38N4O14Se2. The molecule has 54 heavy (non-hydrogen) atoms. The van der Waals surface area contributed by atoms with E-state index in [1.807, 2.05) is 18.4 Å². The Labute approximate surface area is 321 Å². The maximum Gasteiger partial charge on any atom is 0.337 e. The molecule has 0 aliphatic carbocycles. The van der Waals surface area contributed by atoms with E-state index in [2.05, 4.69) is 10.1 Å². The predicted molar refractivity (Wildman–Crippen MR) is 188 cm³/mol. The van der Waals surface area contributed by atoms with Gasteiger partial charge in [0.05, 0.1) is 11.1 Å². The standard InChI is InChI=1S/C17H18N2O7Se.C13H9NO5.C3H9NOSe.CH2O/c1-27-8-11(16(23)24)18-13(20)7-6-12(17(25)26)19-14(21)9-4-2-3-5-10(9)15(19)22;15-10-6-5-9(13(18)19-10)14-11(16)7-3-1-2-4-8(7)12(14)17;1-6-2-3(4)5;1-2/h2-5,11-12H,6-8H2,1H3,(H,18,20)(H,23,24)(H,25,26);1-4,9H,5-6H2;3,5H,2,4H2,1H3;1H2/t11-,12-;9-;3-;/m001./s1. The number of aliphatic hydroxyl groups is 1. The second kappa shape index (κ2) is 21.6. The minimum Gasteiger partial charge on any atom is -0.392 e. The van der Waals surface area contributed by atoms with Gasteiger partial charge in [-0.15, -0.1) is 0 Å². The number of carboxylic acid groups (broad SMARTS) is 2. The number of carbonyl (C=O) groups excluding carboxylic acids is 8. The number of amides is 5. The number of benzene rings is 2. The van der Waals surface area contributed by atoms with Crippen LogP contribution < -0.4 is 11.1 Å². The van der Waals surface area contributed by atoms with E-state index >= 15 is 0 Å². The van der Waals surface area contributed by atoms with E-state index in [-0.39, 0.29) is 62.9 Å². The van der Waals surface area contributed by atoms with Crippen LogP contribution in [0.1, 0.15) is 67.1 Å². The van der Waals surface area contributed by atoms with E-state index < -0.39 is 77.8 Å². The number of hydrogen-bond donors (Lipinski definition) is 5. The molecule has 2 aromatic rings. The average Bonchev–Trinajstić information content (AvgIpc) is 3.53. The first-order chi connectivity index (χ1) is 25.6. The number of ether oxygens (including phenoxy) is 1. The van der Waals surface area contributed by atoms with Gasteiger partial charge in [-0.25, -0.2) is 4.79 Å². The minimum absolute atomic E-state index is 0.0177. The van der Waals surface area contributed by atoms with Crippen LogP contribution in [0.25, 0.3) is 0 Å². The minimum atomic E-state index is -1.51. The number of carbonyl (C=O) groups is 10. The van der Waals surface area contributed by atoms with Gasteiger partial charge in [0.25, 0.3) is 11.8 Å². The normalized spacial score (nSPS) is 17.2. The van der Waals surface area contributed by atoms with Crippen molar-refractivity contribution < 1.29 is 68.0 Å². The fourth-order valence-electron chi connectivity index (χ4n) is 5.23. The molecule has 1 saturated heterocycles. The molecule has 290 valence electrons. The van der Waals surface area contributed by atoms with E-state index in [1.54, 1.807) is 24.3 Å². The van der Waals surface area contributed by atoms with E-state index in [4.69, 9.17) is 20.7 Å². The van der Waals surface area contributed by atoms with Crippen LogP contribution in [0.4, 0.5) is 0 Å². The molecule has 0 radical (unpaired) electrons. The van der Waals surface area contributed by atoms with Crippen molar-refractivity contribution in [3.63, 3.8) is 0 Å². The number of rotatable bonds is 12. The summed E-state index contributed by atoms with van der Waals surface area (Å²) in [5.74, 6) is -3.29. The first kappa shape index (κ1) is 45.1. The van der Waals surface area contributed by atoms with E-state index in [1.165, 1.54) is 24.3 Å². The molecule has 3 heterocycles. The molecular weight excluding hydrogens is 846 g/mol. The Morgan fingerprint density at radius 3 is 1.67 bits per heavy atom. The number of carboxylic acids is 2. The molecule has 0 unspecified atom stereocenters. The van der Waals surface area contributed by atoms with Crippen LogP contribution in [0.5, 0.6) is 0 Å². The molecule has 3 aliphatic rings. The van der Waals surface area contributed by atoms with Crippen LogP contribution in [0.3, 0.4) is 0 Å².